The molecule has 1 spiro atoms. The van der Waals surface area contributed by atoms with Crippen LogP contribution in [0.1, 0.15) is 37.8 Å². The molecule has 0 radical (unpaired) electrons. The Morgan fingerprint density at radius 1 is 1.03 bits per heavy atom. The van der Waals surface area contributed by atoms with E-state index < -0.39 is 11.7 Å². The van der Waals surface area contributed by atoms with Gasteiger partial charge in [-0.1, -0.05) is 30.3 Å². The smallest absolute Gasteiger partial charge is 0.416 e. The standard InChI is InChI=1S/C29H32F3N5O2/c1-19-15-37(27(38)39-23-11-28(12-23)17-35(18-28)16-21-6-4-3-5-7-21)20(2)14-36(19)26-13-33-25-10-22(29(30,31)32)8-9-24(25)34-26/h3-10,13,19-20,23H,11-12,14-18H2,1-2H3/t19-,20+/m0/s1. The first-order chi connectivity index (χ1) is 18.6. The first-order valence-electron chi connectivity index (χ1n) is 13.4. The van der Waals surface area contributed by atoms with Crippen molar-refractivity contribution in [3.8, 4) is 0 Å². The molecule has 10 heteroatoms. The minimum Gasteiger partial charge on any atom is -0.446 e. The topological polar surface area (TPSA) is 61.8 Å². The Balaban J connectivity index is 1.02. The number of piperazine rings is 1. The second-order valence-corrected chi connectivity index (χ2v) is 11.5. The summed E-state index contributed by atoms with van der Waals surface area (Å²) >= 11 is 0. The average Bonchev–Trinajstić information content (AvgIpc) is 2.86. The van der Waals surface area contributed by atoms with Crippen LogP contribution in [0.25, 0.3) is 11.0 Å². The largest absolute Gasteiger partial charge is 0.446 e. The molecule has 1 amide bonds. The number of ether oxygens (including phenoxy) is 1. The highest BCUT2D eigenvalue weighted by Crippen LogP contribution is 2.50. The van der Waals surface area contributed by atoms with Crippen LogP contribution < -0.4 is 4.90 Å². The third-order valence-corrected chi connectivity index (χ3v) is 8.33. The van der Waals surface area contributed by atoms with Crippen molar-refractivity contribution >= 4 is 22.9 Å². The van der Waals surface area contributed by atoms with Crippen molar-refractivity contribution in [1.29, 1.82) is 0 Å². The molecular formula is C29H32F3N5O2. The van der Waals surface area contributed by atoms with Crippen LogP contribution in [0, 0.1) is 5.41 Å². The number of aromatic nitrogens is 2. The Morgan fingerprint density at radius 3 is 2.49 bits per heavy atom. The molecule has 206 valence electrons. The molecule has 2 aromatic carbocycles. The first kappa shape index (κ1) is 25.9. The lowest BCUT2D eigenvalue weighted by Gasteiger charge is -2.58. The van der Waals surface area contributed by atoms with Gasteiger partial charge in [0.2, 0.25) is 0 Å². The van der Waals surface area contributed by atoms with Gasteiger partial charge in [0.15, 0.2) is 0 Å². The van der Waals surface area contributed by atoms with E-state index in [1.807, 2.05) is 24.8 Å². The minimum atomic E-state index is -4.43. The number of hydrogen-bond acceptors (Lipinski definition) is 6. The lowest BCUT2D eigenvalue weighted by Crippen LogP contribution is -2.64. The zero-order valence-electron chi connectivity index (χ0n) is 22.1. The molecule has 2 saturated heterocycles. The van der Waals surface area contributed by atoms with Crippen LogP contribution in [0.5, 0.6) is 0 Å². The van der Waals surface area contributed by atoms with Crippen LogP contribution in [-0.2, 0) is 17.5 Å². The normalized spacial score (nSPS) is 23.5. The van der Waals surface area contributed by atoms with Gasteiger partial charge in [0.25, 0.3) is 0 Å². The van der Waals surface area contributed by atoms with Gasteiger partial charge in [-0.2, -0.15) is 13.2 Å². The van der Waals surface area contributed by atoms with Crippen molar-refractivity contribution in [2.75, 3.05) is 31.1 Å². The first-order valence-corrected chi connectivity index (χ1v) is 13.4. The van der Waals surface area contributed by atoms with Gasteiger partial charge in [-0.3, -0.25) is 9.88 Å². The van der Waals surface area contributed by atoms with E-state index in [2.05, 4.69) is 39.1 Å². The Labute approximate surface area is 225 Å². The molecule has 7 nitrogen and oxygen atoms in total. The molecule has 2 aliphatic heterocycles. The molecule has 0 bridgehead atoms. The van der Waals surface area contributed by atoms with Gasteiger partial charge in [0.1, 0.15) is 11.9 Å². The lowest BCUT2D eigenvalue weighted by atomic mass is 9.61. The number of benzene rings is 2. The van der Waals surface area contributed by atoms with Gasteiger partial charge >= 0.3 is 12.3 Å². The van der Waals surface area contributed by atoms with Crippen molar-refractivity contribution < 1.29 is 22.7 Å². The summed E-state index contributed by atoms with van der Waals surface area (Å²) in [5, 5.41) is 0. The molecule has 3 fully saturated rings. The van der Waals surface area contributed by atoms with Gasteiger partial charge in [-0.05, 0) is 50.5 Å². The third-order valence-electron chi connectivity index (χ3n) is 8.33. The van der Waals surface area contributed by atoms with Crippen molar-refractivity contribution in [3.05, 3.63) is 65.9 Å². The summed E-state index contributed by atoms with van der Waals surface area (Å²) in [6.07, 6.45) is -1.41. The Hall–Kier alpha value is -3.40. The Kier molecular flexibility index (Phi) is 6.40. The predicted octanol–water partition coefficient (Wildman–Crippen LogP) is 5.35. The number of likely N-dealkylation sites (tertiary alicyclic amines) is 1. The summed E-state index contributed by atoms with van der Waals surface area (Å²) in [7, 11) is 0. The maximum absolute atomic E-state index is 13.1. The van der Waals surface area contributed by atoms with Gasteiger partial charge < -0.3 is 14.5 Å². The maximum atomic E-state index is 13.1. The molecular weight excluding hydrogens is 507 g/mol. The zero-order valence-corrected chi connectivity index (χ0v) is 22.1. The van der Waals surface area contributed by atoms with E-state index >= 15 is 0 Å². The number of rotatable bonds is 4. The molecule has 0 N–H and O–H groups in total. The number of nitrogens with zero attached hydrogens (tertiary/aromatic N) is 5. The lowest BCUT2D eigenvalue weighted by molar-refractivity contribution is -0.137. The minimum absolute atomic E-state index is 0.0372. The summed E-state index contributed by atoms with van der Waals surface area (Å²) in [4.78, 5) is 28.2. The highest BCUT2D eigenvalue weighted by molar-refractivity contribution is 5.77. The fourth-order valence-electron chi connectivity index (χ4n) is 6.33. The van der Waals surface area contributed by atoms with Crippen LogP contribution >= 0.6 is 0 Å². The van der Waals surface area contributed by atoms with Crippen LogP contribution in [-0.4, -0.2) is 70.2 Å². The van der Waals surface area contributed by atoms with Crippen LogP contribution in [0.3, 0.4) is 0 Å². The summed E-state index contributed by atoms with van der Waals surface area (Å²) in [6.45, 7) is 8.02. The highest BCUT2D eigenvalue weighted by Gasteiger charge is 2.54. The quantitative estimate of drug-likeness (QED) is 0.446. The molecule has 1 saturated carbocycles. The van der Waals surface area contributed by atoms with Crippen LogP contribution in [0.4, 0.5) is 23.8 Å². The highest BCUT2D eigenvalue weighted by atomic mass is 19.4. The molecule has 1 aromatic heterocycles. The van der Waals surface area contributed by atoms with E-state index in [-0.39, 0.29) is 35.2 Å². The van der Waals surface area contributed by atoms with E-state index in [1.54, 1.807) is 4.90 Å². The number of halogens is 3. The summed E-state index contributed by atoms with van der Waals surface area (Å²) in [6, 6.07) is 13.7. The fourth-order valence-corrected chi connectivity index (χ4v) is 6.33. The molecule has 3 aromatic rings. The molecule has 6 rings (SSSR count). The van der Waals surface area contributed by atoms with E-state index in [0.717, 1.165) is 44.6 Å². The van der Waals surface area contributed by atoms with E-state index in [0.29, 0.717) is 24.4 Å². The maximum Gasteiger partial charge on any atom is 0.416 e. The Bertz CT molecular complexity index is 1350. The number of anilines is 1. The molecule has 1 aliphatic carbocycles. The molecule has 3 aliphatic rings. The zero-order chi connectivity index (χ0) is 27.4. The fraction of sp³-hybridized carbons (Fsp3) is 0.483. The molecule has 0 unspecified atom stereocenters. The van der Waals surface area contributed by atoms with Crippen LogP contribution in [0.15, 0.2) is 54.7 Å². The average molecular weight is 540 g/mol. The predicted molar refractivity (Wildman–Crippen MR) is 141 cm³/mol. The number of amides is 1. The summed E-state index contributed by atoms with van der Waals surface area (Å²) in [5.74, 6) is 0.584. The van der Waals surface area contributed by atoms with E-state index in [9.17, 15) is 18.0 Å². The van der Waals surface area contributed by atoms with Crippen molar-refractivity contribution in [2.45, 2.75) is 57.6 Å². The van der Waals surface area contributed by atoms with Crippen LogP contribution in [0.2, 0.25) is 0 Å². The number of hydrogen-bond donors (Lipinski definition) is 0. The van der Waals surface area contributed by atoms with E-state index in [4.69, 9.17) is 4.74 Å². The molecule has 39 heavy (non-hydrogen) atoms. The van der Waals surface area contributed by atoms with Gasteiger partial charge in [0.05, 0.1) is 22.8 Å². The van der Waals surface area contributed by atoms with Gasteiger partial charge in [-0.25, -0.2) is 9.78 Å². The SMILES string of the molecule is C[C@@H]1CN(c2cnc3cc(C(F)(F)F)ccc3n2)[C@@H](C)CN1C(=O)OC1CC2(C1)CN(Cc1ccccc1)C2. The number of carbonyl (C=O) groups is 1. The summed E-state index contributed by atoms with van der Waals surface area (Å²) < 4.78 is 45.0. The van der Waals surface area contributed by atoms with Crippen molar-refractivity contribution in [1.82, 2.24) is 19.8 Å². The third kappa shape index (κ3) is 5.14. The van der Waals surface area contributed by atoms with Crippen molar-refractivity contribution in [2.24, 2.45) is 5.41 Å². The number of alkyl halides is 3. The van der Waals surface area contributed by atoms with Gasteiger partial charge in [0, 0.05) is 50.2 Å². The second kappa shape index (κ2) is 9.66. The Morgan fingerprint density at radius 2 is 1.77 bits per heavy atom. The molecule has 2 atom stereocenters. The van der Waals surface area contributed by atoms with Gasteiger partial charge in [-0.15, -0.1) is 0 Å². The second-order valence-electron chi connectivity index (χ2n) is 11.5. The summed E-state index contributed by atoms with van der Waals surface area (Å²) in [5.41, 5.74) is 1.46. The number of fused-ring (bicyclic) bond motifs is 1. The monoisotopic (exact) mass is 539 g/mol. The number of carbonyl (C=O) groups excluding carboxylic acids is 1. The molecule has 3 heterocycles. The van der Waals surface area contributed by atoms with Crippen molar-refractivity contribution in [3.63, 3.8) is 0 Å². The van der Waals surface area contributed by atoms with E-state index in [1.165, 1.54) is 17.8 Å².